The average molecular weight is 215 g/mol. The summed E-state index contributed by atoms with van der Waals surface area (Å²) in [6.07, 6.45) is -0.333. The fourth-order valence-electron chi connectivity index (χ4n) is 1.82. The van der Waals surface area contributed by atoms with E-state index in [4.69, 9.17) is 4.74 Å². The van der Waals surface area contributed by atoms with Crippen molar-refractivity contribution in [3.05, 3.63) is 0 Å². The van der Waals surface area contributed by atoms with Crippen molar-refractivity contribution in [1.82, 2.24) is 4.90 Å². The maximum Gasteiger partial charge on any atom is 0.410 e. The van der Waals surface area contributed by atoms with Gasteiger partial charge in [0.25, 0.3) is 0 Å². The largest absolute Gasteiger partial charge is 0.444 e. The van der Waals surface area contributed by atoms with Crippen molar-refractivity contribution in [3.8, 4) is 0 Å². The monoisotopic (exact) mass is 215 g/mol. The molecule has 1 N–H and O–H groups in total. The Bertz CT molecular complexity index is 255. The SMILES string of the molecule is CC(C)(C)OC(=O)N1CC(C)(C)[C@H]1CO. The minimum Gasteiger partial charge on any atom is -0.444 e. The molecule has 1 aliphatic heterocycles. The molecule has 1 aliphatic rings. The zero-order valence-electron chi connectivity index (χ0n) is 10.2. The lowest BCUT2D eigenvalue weighted by molar-refractivity contribution is -0.0815. The van der Waals surface area contributed by atoms with Crippen molar-refractivity contribution in [2.75, 3.05) is 13.2 Å². The van der Waals surface area contributed by atoms with Crippen LogP contribution in [0.4, 0.5) is 4.79 Å². The molecule has 4 heteroatoms. The second-order valence-corrected chi connectivity index (χ2v) is 5.80. The molecular weight excluding hydrogens is 194 g/mol. The number of amides is 1. The predicted molar refractivity (Wildman–Crippen MR) is 57.6 cm³/mol. The summed E-state index contributed by atoms with van der Waals surface area (Å²) in [7, 11) is 0. The Morgan fingerprint density at radius 2 is 2.07 bits per heavy atom. The van der Waals surface area contributed by atoms with Gasteiger partial charge in [-0.2, -0.15) is 0 Å². The van der Waals surface area contributed by atoms with E-state index < -0.39 is 5.60 Å². The third kappa shape index (κ3) is 2.62. The lowest BCUT2D eigenvalue weighted by Gasteiger charge is -2.53. The molecule has 88 valence electrons. The van der Waals surface area contributed by atoms with Crippen LogP contribution in [0.25, 0.3) is 0 Å². The second kappa shape index (κ2) is 3.67. The number of aliphatic hydroxyl groups excluding tert-OH is 1. The second-order valence-electron chi connectivity index (χ2n) is 5.80. The van der Waals surface area contributed by atoms with Crippen molar-refractivity contribution in [2.45, 2.75) is 46.3 Å². The first kappa shape index (κ1) is 12.3. The number of hydrogen-bond donors (Lipinski definition) is 1. The molecule has 0 radical (unpaired) electrons. The van der Waals surface area contributed by atoms with E-state index in [9.17, 15) is 9.90 Å². The minimum atomic E-state index is -0.475. The molecule has 0 saturated carbocycles. The van der Waals surface area contributed by atoms with Crippen LogP contribution >= 0.6 is 0 Å². The summed E-state index contributed by atoms with van der Waals surface area (Å²) in [5.41, 5.74) is -0.484. The molecule has 0 aromatic heterocycles. The van der Waals surface area contributed by atoms with Gasteiger partial charge < -0.3 is 14.7 Å². The van der Waals surface area contributed by atoms with E-state index in [-0.39, 0.29) is 24.2 Å². The van der Waals surface area contributed by atoms with E-state index in [1.807, 2.05) is 34.6 Å². The van der Waals surface area contributed by atoms with E-state index in [1.165, 1.54) is 0 Å². The number of aliphatic hydroxyl groups is 1. The molecule has 1 rings (SSSR count). The van der Waals surface area contributed by atoms with Crippen LogP contribution < -0.4 is 0 Å². The lowest BCUT2D eigenvalue weighted by Crippen LogP contribution is -2.65. The number of carbonyl (C=O) groups is 1. The van der Waals surface area contributed by atoms with Gasteiger partial charge >= 0.3 is 6.09 Å². The minimum absolute atomic E-state index is 0.00770. The van der Waals surface area contributed by atoms with E-state index in [0.717, 1.165) is 0 Å². The number of nitrogens with zero attached hydrogens (tertiary/aromatic N) is 1. The van der Waals surface area contributed by atoms with Crippen LogP contribution in [0.1, 0.15) is 34.6 Å². The topological polar surface area (TPSA) is 49.8 Å². The van der Waals surface area contributed by atoms with Gasteiger partial charge in [0, 0.05) is 12.0 Å². The Balaban J connectivity index is 2.57. The maximum absolute atomic E-state index is 11.7. The molecule has 0 unspecified atom stereocenters. The summed E-state index contributed by atoms with van der Waals surface area (Å²) < 4.78 is 5.24. The zero-order chi connectivity index (χ0) is 11.9. The molecule has 0 bridgehead atoms. The van der Waals surface area contributed by atoms with Crippen LogP contribution in [-0.2, 0) is 4.74 Å². The highest BCUT2D eigenvalue weighted by atomic mass is 16.6. The fourth-order valence-corrected chi connectivity index (χ4v) is 1.82. The van der Waals surface area contributed by atoms with Gasteiger partial charge in [-0.15, -0.1) is 0 Å². The number of hydrogen-bond acceptors (Lipinski definition) is 3. The molecule has 0 aliphatic carbocycles. The Kier molecular flexibility index (Phi) is 3.01. The molecule has 1 saturated heterocycles. The number of likely N-dealkylation sites (tertiary alicyclic amines) is 1. The van der Waals surface area contributed by atoms with Gasteiger partial charge in [0.15, 0.2) is 0 Å². The van der Waals surface area contributed by atoms with Crippen LogP contribution in [-0.4, -0.2) is 40.9 Å². The van der Waals surface area contributed by atoms with E-state index in [1.54, 1.807) is 4.90 Å². The number of carbonyl (C=O) groups excluding carboxylic acids is 1. The summed E-state index contributed by atoms with van der Waals surface area (Å²) in [5.74, 6) is 0. The molecular formula is C11H21NO3. The first-order valence-corrected chi connectivity index (χ1v) is 5.28. The predicted octanol–water partition coefficient (Wildman–Crippen LogP) is 1.62. The highest BCUT2D eigenvalue weighted by Crippen LogP contribution is 2.37. The number of ether oxygens (including phenoxy) is 1. The Morgan fingerprint density at radius 1 is 1.53 bits per heavy atom. The highest BCUT2D eigenvalue weighted by Gasteiger charge is 2.48. The summed E-state index contributed by atoms with van der Waals surface area (Å²) in [5, 5.41) is 9.19. The van der Waals surface area contributed by atoms with Crippen LogP contribution in [0.5, 0.6) is 0 Å². The smallest absolute Gasteiger partial charge is 0.410 e. The summed E-state index contributed by atoms with van der Waals surface area (Å²) in [6, 6.07) is -0.118. The van der Waals surface area contributed by atoms with Crippen LogP contribution in [0.15, 0.2) is 0 Å². The van der Waals surface area contributed by atoms with Crippen molar-refractivity contribution in [1.29, 1.82) is 0 Å². The number of rotatable bonds is 1. The molecule has 0 aromatic carbocycles. The molecule has 1 fully saturated rings. The van der Waals surface area contributed by atoms with Crippen molar-refractivity contribution in [3.63, 3.8) is 0 Å². The lowest BCUT2D eigenvalue weighted by atomic mass is 9.75. The van der Waals surface area contributed by atoms with Gasteiger partial charge in [-0.25, -0.2) is 4.79 Å². The molecule has 4 nitrogen and oxygen atoms in total. The molecule has 0 aromatic rings. The third-order valence-corrected chi connectivity index (χ3v) is 2.66. The first-order valence-electron chi connectivity index (χ1n) is 5.28. The van der Waals surface area contributed by atoms with Crippen LogP contribution in [0.3, 0.4) is 0 Å². The first-order chi connectivity index (χ1) is 6.67. The van der Waals surface area contributed by atoms with E-state index >= 15 is 0 Å². The summed E-state index contributed by atoms with van der Waals surface area (Å²) in [4.78, 5) is 13.3. The van der Waals surface area contributed by atoms with Gasteiger partial charge in [0.1, 0.15) is 5.60 Å². The zero-order valence-corrected chi connectivity index (χ0v) is 10.2. The Morgan fingerprint density at radius 3 is 2.40 bits per heavy atom. The Labute approximate surface area is 91.2 Å². The van der Waals surface area contributed by atoms with Crippen molar-refractivity contribution in [2.24, 2.45) is 5.41 Å². The third-order valence-electron chi connectivity index (χ3n) is 2.66. The molecule has 15 heavy (non-hydrogen) atoms. The van der Waals surface area contributed by atoms with Crippen LogP contribution in [0.2, 0.25) is 0 Å². The van der Waals surface area contributed by atoms with Gasteiger partial charge in [-0.1, -0.05) is 13.8 Å². The fraction of sp³-hybridized carbons (Fsp3) is 0.909. The Hall–Kier alpha value is -0.770. The average Bonchev–Trinajstić information content (AvgIpc) is 1.97. The van der Waals surface area contributed by atoms with E-state index in [2.05, 4.69) is 0 Å². The van der Waals surface area contributed by atoms with Crippen LogP contribution in [0, 0.1) is 5.41 Å². The summed E-state index contributed by atoms with van der Waals surface area (Å²) in [6.45, 7) is 10.2. The van der Waals surface area contributed by atoms with Gasteiger partial charge in [-0.3, -0.25) is 0 Å². The molecule has 0 spiro atoms. The molecule has 1 heterocycles. The highest BCUT2D eigenvalue weighted by molar-refractivity contribution is 5.70. The normalized spacial score (nSPS) is 24.7. The molecule has 1 amide bonds. The van der Waals surface area contributed by atoms with Crippen molar-refractivity contribution < 1.29 is 14.6 Å². The maximum atomic E-state index is 11.7. The van der Waals surface area contributed by atoms with E-state index in [0.29, 0.717) is 6.54 Å². The standard InChI is InChI=1S/C11H21NO3/c1-10(2,3)15-9(14)12-7-11(4,5)8(12)6-13/h8,13H,6-7H2,1-5H3/t8-/m1/s1. The van der Waals surface area contributed by atoms with Gasteiger partial charge in [0.2, 0.25) is 0 Å². The molecule has 1 atom stereocenters. The van der Waals surface area contributed by atoms with Crippen molar-refractivity contribution >= 4 is 6.09 Å². The van der Waals surface area contributed by atoms with Gasteiger partial charge in [-0.05, 0) is 20.8 Å². The van der Waals surface area contributed by atoms with Gasteiger partial charge in [0.05, 0.1) is 12.6 Å². The summed E-state index contributed by atoms with van der Waals surface area (Å²) >= 11 is 0. The quantitative estimate of drug-likeness (QED) is 0.723.